The monoisotopic (exact) mass is 299 g/mol. The van der Waals surface area contributed by atoms with Crippen LogP contribution in [0.5, 0.6) is 0 Å². The molecule has 1 aromatic rings. The van der Waals surface area contributed by atoms with Gasteiger partial charge in [0.15, 0.2) is 5.60 Å². The summed E-state index contributed by atoms with van der Waals surface area (Å²) in [4.78, 5) is 2.36. The molecular weight excluding hydrogens is 270 g/mol. The molecule has 1 N–H and O–H groups in total. The molecule has 1 aliphatic rings. The van der Waals surface area contributed by atoms with Gasteiger partial charge in [0.1, 0.15) is 0 Å². The summed E-state index contributed by atoms with van der Waals surface area (Å²) >= 11 is 0. The molecule has 0 heterocycles. The van der Waals surface area contributed by atoms with Crippen LogP contribution in [-0.4, -0.2) is 18.2 Å². The maximum absolute atomic E-state index is 11.0. The van der Waals surface area contributed by atoms with E-state index >= 15 is 0 Å². The second kappa shape index (κ2) is 7.70. The van der Waals surface area contributed by atoms with E-state index < -0.39 is 5.60 Å². The molecule has 1 aromatic carbocycles. The van der Waals surface area contributed by atoms with Gasteiger partial charge in [0.2, 0.25) is 0 Å². The largest absolute Gasteiger partial charge is 0.373 e. The van der Waals surface area contributed by atoms with Crippen LogP contribution in [0.15, 0.2) is 18.2 Å². The van der Waals surface area contributed by atoms with Gasteiger partial charge in [0.25, 0.3) is 0 Å². The molecule has 0 saturated heterocycles. The SMILES string of the molecule is CCCCc1cc(N(CC)CC)ccc1C1(O)C#CCCC1. The zero-order valence-electron chi connectivity index (χ0n) is 14.3. The molecule has 0 aliphatic heterocycles. The minimum absolute atomic E-state index is 0.754. The van der Waals surface area contributed by atoms with Crippen molar-refractivity contribution >= 4 is 5.69 Å². The number of hydrogen-bond acceptors (Lipinski definition) is 2. The van der Waals surface area contributed by atoms with E-state index in [-0.39, 0.29) is 0 Å². The Bertz CT molecular complexity index is 551. The molecule has 120 valence electrons. The van der Waals surface area contributed by atoms with Gasteiger partial charge < -0.3 is 10.0 Å². The second-order valence-electron chi connectivity index (χ2n) is 6.13. The summed E-state index contributed by atoms with van der Waals surface area (Å²) in [6.45, 7) is 8.59. The Kier molecular flexibility index (Phi) is 5.91. The normalized spacial score (nSPS) is 20.4. The van der Waals surface area contributed by atoms with Crippen LogP contribution in [0.4, 0.5) is 5.69 Å². The van der Waals surface area contributed by atoms with Gasteiger partial charge in [-0.25, -0.2) is 0 Å². The zero-order chi connectivity index (χ0) is 16.0. The quantitative estimate of drug-likeness (QED) is 0.761. The van der Waals surface area contributed by atoms with Crippen LogP contribution in [0, 0.1) is 11.8 Å². The first-order chi connectivity index (χ1) is 10.6. The lowest BCUT2D eigenvalue weighted by Gasteiger charge is -2.29. The van der Waals surface area contributed by atoms with Crippen molar-refractivity contribution in [3.63, 3.8) is 0 Å². The van der Waals surface area contributed by atoms with Crippen molar-refractivity contribution in [2.45, 2.75) is 64.9 Å². The Morgan fingerprint density at radius 2 is 2.00 bits per heavy atom. The van der Waals surface area contributed by atoms with E-state index in [1.54, 1.807) is 0 Å². The molecule has 1 unspecified atom stereocenters. The lowest BCUT2D eigenvalue weighted by atomic mass is 9.82. The number of aryl methyl sites for hydroxylation is 1. The first-order valence-electron chi connectivity index (χ1n) is 8.75. The third-order valence-corrected chi connectivity index (χ3v) is 4.60. The van der Waals surface area contributed by atoms with E-state index in [1.165, 1.54) is 17.7 Å². The number of nitrogens with zero attached hydrogens (tertiary/aromatic N) is 1. The molecule has 22 heavy (non-hydrogen) atoms. The Balaban J connectivity index is 2.41. The van der Waals surface area contributed by atoms with E-state index in [2.05, 4.69) is 55.7 Å². The van der Waals surface area contributed by atoms with Gasteiger partial charge in [0, 0.05) is 25.2 Å². The van der Waals surface area contributed by atoms with Gasteiger partial charge in [-0.15, -0.1) is 0 Å². The smallest absolute Gasteiger partial charge is 0.151 e. The summed E-state index contributed by atoms with van der Waals surface area (Å²) in [5, 5.41) is 11.0. The fourth-order valence-electron chi connectivity index (χ4n) is 3.25. The van der Waals surface area contributed by atoms with Crippen molar-refractivity contribution in [1.82, 2.24) is 0 Å². The van der Waals surface area contributed by atoms with Crippen molar-refractivity contribution < 1.29 is 5.11 Å². The minimum atomic E-state index is -0.941. The third-order valence-electron chi connectivity index (χ3n) is 4.60. The van der Waals surface area contributed by atoms with Crippen LogP contribution in [0.25, 0.3) is 0 Å². The Morgan fingerprint density at radius 3 is 2.59 bits per heavy atom. The summed E-state index contributed by atoms with van der Waals surface area (Å²) in [5.41, 5.74) is 2.62. The van der Waals surface area contributed by atoms with Gasteiger partial charge in [-0.05, 0) is 62.8 Å². The second-order valence-corrected chi connectivity index (χ2v) is 6.13. The first-order valence-corrected chi connectivity index (χ1v) is 8.75. The molecule has 0 bridgehead atoms. The van der Waals surface area contributed by atoms with Gasteiger partial charge in [-0.2, -0.15) is 0 Å². The molecule has 2 heteroatoms. The summed E-state index contributed by atoms with van der Waals surface area (Å²) in [5.74, 6) is 6.20. The summed E-state index contributed by atoms with van der Waals surface area (Å²) < 4.78 is 0. The number of benzene rings is 1. The van der Waals surface area contributed by atoms with Crippen molar-refractivity contribution in [3.05, 3.63) is 29.3 Å². The van der Waals surface area contributed by atoms with Crippen molar-refractivity contribution in [3.8, 4) is 11.8 Å². The average Bonchev–Trinajstić information content (AvgIpc) is 2.55. The summed E-state index contributed by atoms with van der Waals surface area (Å²) in [6, 6.07) is 6.52. The molecule has 2 nitrogen and oxygen atoms in total. The first kappa shape index (κ1) is 16.9. The highest BCUT2D eigenvalue weighted by Gasteiger charge is 2.30. The molecule has 1 aliphatic carbocycles. The molecule has 0 spiro atoms. The Labute approximate surface area is 135 Å². The Hall–Kier alpha value is -1.46. The van der Waals surface area contributed by atoms with E-state index in [1.807, 2.05) is 0 Å². The van der Waals surface area contributed by atoms with Crippen LogP contribution in [0.2, 0.25) is 0 Å². The molecule has 0 amide bonds. The maximum Gasteiger partial charge on any atom is 0.151 e. The molecule has 0 fully saturated rings. The van der Waals surface area contributed by atoms with Crippen LogP contribution in [0.3, 0.4) is 0 Å². The number of rotatable bonds is 7. The highest BCUT2D eigenvalue weighted by molar-refractivity contribution is 5.53. The van der Waals surface area contributed by atoms with Crippen molar-refractivity contribution in [1.29, 1.82) is 0 Å². The predicted octanol–water partition coefficient (Wildman–Crippen LogP) is 4.25. The van der Waals surface area contributed by atoms with Gasteiger partial charge in [0.05, 0.1) is 0 Å². The van der Waals surface area contributed by atoms with E-state index in [9.17, 15) is 5.11 Å². The van der Waals surface area contributed by atoms with Gasteiger partial charge >= 0.3 is 0 Å². The summed E-state index contributed by atoms with van der Waals surface area (Å²) in [7, 11) is 0. The van der Waals surface area contributed by atoms with Crippen LogP contribution < -0.4 is 4.90 Å². The van der Waals surface area contributed by atoms with Crippen LogP contribution in [-0.2, 0) is 12.0 Å². The number of hydrogen-bond donors (Lipinski definition) is 1. The van der Waals surface area contributed by atoms with Gasteiger partial charge in [-0.1, -0.05) is 31.3 Å². The average molecular weight is 299 g/mol. The van der Waals surface area contributed by atoms with E-state index in [4.69, 9.17) is 0 Å². The molecule has 0 aromatic heterocycles. The molecule has 0 radical (unpaired) electrons. The predicted molar refractivity (Wildman–Crippen MR) is 94.1 cm³/mol. The zero-order valence-corrected chi connectivity index (χ0v) is 14.3. The van der Waals surface area contributed by atoms with Crippen LogP contribution in [0.1, 0.15) is 64.0 Å². The highest BCUT2D eigenvalue weighted by atomic mass is 16.3. The lowest BCUT2D eigenvalue weighted by Crippen LogP contribution is -2.28. The standard InChI is InChI=1S/C20H29NO/c1-4-7-11-17-16-18(21(5-2)6-3)12-13-19(17)20(22)14-9-8-10-15-20/h12-13,16,22H,4-9,11,14H2,1-3H3. The topological polar surface area (TPSA) is 23.5 Å². The van der Waals surface area contributed by atoms with E-state index in [0.717, 1.165) is 50.8 Å². The van der Waals surface area contributed by atoms with Crippen molar-refractivity contribution in [2.75, 3.05) is 18.0 Å². The minimum Gasteiger partial charge on any atom is -0.373 e. The van der Waals surface area contributed by atoms with Crippen LogP contribution >= 0.6 is 0 Å². The molecule has 2 rings (SSSR count). The van der Waals surface area contributed by atoms with Gasteiger partial charge in [-0.3, -0.25) is 0 Å². The third kappa shape index (κ3) is 3.65. The fourth-order valence-corrected chi connectivity index (χ4v) is 3.25. The maximum atomic E-state index is 11.0. The lowest BCUT2D eigenvalue weighted by molar-refractivity contribution is 0.0842. The molecular formula is C20H29NO. The number of aliphatic hydroxyl groups is 1. The number of unbranched alkanes of at least 4 members (excludes halogenated alkanes) is 1. The highest BCUT2D eigenvalue weighted by Crippen LogP contribution is 2.34. The Morgan fingerprint density at radius 1 is 1.23 bits per heavy atom. The van der Waals surface area contributed by atoms with Crippen molar-refractivity contribution in [2.24, 2.45) is 0 Å². The number of anilines is 1. The fraction of sp³-hybridized carbons (Fsp3) is 0.600. The van der Waals surface area contributed by atoms with E-state index in [0.29, 0.717) is 0 Å². The molecule has 1 atom stereocenters. The summed E-state index contributed by atoms with van der Waals surface area (Å²) in [6.07, 6.45) is 5.98. The molecule has 0 saturated carbocycles.